The molecule has 2 aromatic rings. The van der Waals surface area contributed by atoms with Crippen molar-refractivity contribution in [2.75, 3.05) is 32.8 Å². The molecule has 1 aliphatic rings. The normalized spacial score (nSPS) is 18.3. The van der Waals surface area contributed by atoms with E-state index in [2.05, 4.69) is 13.8 Å². The van der Waals surface area contributed by atoms with Gasteiger partial charge in [0, 0.05) is 19.6 Å². The zero-order valence-corrected chi connectivity index (χ0v) is 17.5. The summed E-state index contributed by atoms with van der Waals surface area (Å²) in [6.07, 6.45) is -1.01. The van der Waals surface area contributed by atoms with Gasteiger partial charge < -0.3 is 14.6 Å². The topological polar surface area (TPSA) is 41.9 Å². The second kappa shape index (κ2) is 10.9. The van der Waals surface area contributed by atoms with E-state index in [0.29, 0.717) is 37.7 Å². The average Bonchev–Trinajstić information content (AvgIpc) is 2.69. The molecule has 0 spiro atoms. The monoisotopic (exact) mass is 427 g/mol. The maximum atomic E-state index is 13.5. The van der Waals surface area contributed by atoms with Gasteiger partial charge in [-0.3, -0.25) is 4.90 Å². The molecule has 7 heteroatoms. The van der Waals surface area contributed by atoms with Crippen LogP contribution in [0.3, 0.4) is 0 Å². The van der Waals surface area contributed by atoms with Gasteiger partial charge in [0.15, 0.2) is 11.6 Å². The van der Waals surface area contributed by atoms with Crippen molar-refractivity contribution < 1.29 is 23.4 Å². The van der Waals surface area contributed by atoms with Crippen molar-refractivity contribution in [2.24, 2.45) is 0 Å². The SMILES string of the molecule is CC(C)c1ccc(OCC(O)CN2CCOC(c3ccc(F)c(F)c3)C2)cc1.Cl. The molecule has 1 aliphatic heterocycles. The number of β-amino-alcohol motifs (C(OH)–C–C–N with tert-alkyl or cyclic N) is 1. The van der Waals surface area contributed by atoms with Gasteiger partial charge in [-0.15, -0.1) is 12.4 Å². The minimum Gasteiger partial charge on any atom is -0.491 e. The maximum Gasteiger partial charge on any atom is 0.159 e. The predicted octanol–water partition coefficient (Wildman–Crippen LogP) is 4.32. The van der Waals surface area contributed by atoms with E-state index in [1.54, 1.807) is 0 Å². The predicted molar refractivity (Wildman–Crippen MR) is 111 cm³/mol. The van der Waals surface area contributed by atoms with Gasteiger partial charge in [0.05, 0.1) is 12.7 Å². The molecule has 1 heterocycles. The number of benzene rings is 2. The van der Waals surface area contributed by atoms with Crippen molar-refractivity contribution in [1.82, 2.24) is 4.90 Å². The molecule has 1 fully saturated rings. The summed E-state index contributed by atoms with van der Waals surface area (Å²) in [7, 11) is 0. The fourth-order valence-electron chi connectivity index (χ4n) is 3.27. The molecule has 0 saturated carbocycles. The molecular weight excluding hydrogens is 400 g/mol. The molecule has 1 saturated heterocycles. The minimum atomic E-state index is -0.879. The number of halogens is 3. The molecule has 3 rings (SSSR count). The highest BCUT2D eigenvalue weighted by Gasteiger charge is 2.24. The van der Waals surface area contributed by atoms with E-state index in [1.807, 2.05) is 29.2 Å². The number of aliphatic hydroxyl groups is 1. The Morgan fingerprint density at radius 2 is 1.86 bits per heavy atom. The number of ether oxygens (including phenoxy) is 2. The second-order valence-corrected chi connectivity index (χ2v) is 7.48. The zero-order valence-electron chi connectivity index (χ0n) is 16.7. The second-order valence-electron chi connectivity index (χ2n) is 7.48. The number of nitrogens with zero attached hydrogens (tertiary/aromatic N) is 1. The lowest BCUT2D eigenvalue weighted by molar-refractivity contribution is -0.0460. The van der Waals surface area contributed by atoms with Crippen molar-refractivity contribution in [1.29, 1.82) is 0 Å². The minimum absolute atomic E-state index is 0. The Labute approximate surface area is 176 Å². The van der Waals surface area contributed by atoms with E-state index in [-0.39, 0.29) is 25.1 Å². The molecule has 0 aliphatic carbocycles. The molecule has 160 valence electrons. The van der Waals surface area contributed by atoms with Crippen LogP contribution in [-0.2, 0) is 4.74 Å². The van der Waals surface area contributed by atoms with Gasteiger partial charge in [0.2, 0.25) is 0 Å². The average molecular weight is 428 g/mol. The van der Waals surface area contributed by atoms with Gasteiger partial charge in [0.1, 0.15) is 18.5 Å². The summed E-state index contributed by atoms with van der Waals surface area (Å²) in [6, 6.07) is 11.7. The lowest BCUT2D eigenvalue weighted by atomic mass is 10.0. The quantitative estimate of drug-likeness (QED) is 0.714. The lowest BCUT2D eigenvalue weighted by Crippen LogP contribution is -2.43. The van der Waals surface area contributed by atoms with Crippen LogP contribution in [0.25, 0.3) is 0 Å². The summed E-state index contributed by atoms with van der Waals surface area (Å²) in [5.74, 6) is -0.561. The van der Waals surface area contributed by atoms with Gasteiger partial charge >= 0.3 is 0 Å². The first-order chi connectivity index (χ1) is 13.4. The first-order valence-electron chi connectivity index (χ1n) is 9.62. The largest absolute Gasteiger partial charge is 0.491 e. The number of rotatable bonds is 7. The van der Waals surface area contributed by atoms with Crippen molar-refractivity contribution in [2.45, 2.75) is 32.0 Å². The van der Waals surface area contributed by atoms with Crippen LogP contribution in [0.5, 0.6) is 5.75 Å². The molecule has 1 N–H and O–H groups in total. The summed E-state index contributed by atoms with van der Waals surface area (Å²) in [5.41, 5.74) is 1.84. The van der Waals surface area contributed by atoms with Gasteiger partial charge in [0.25, 0.3) is 0 Å². The third-order valence-electron chi connectivity index (χ3n) is 4.92. The number of hydrogen-bond acceptors (Lipinski definition) is 4. The Morgan fingerprint density at radius 1 is 1.14 bits per heavy atom. The highest BCUT2D eigenvalue weighted by atomic mass is 35.5. The standard InChI is InChI=1S/C22H27F2NO3.ClH/c1-15(2)16-3-6-19(7-4-16)28-14-18(26)12-25-9-10-27-22(13-25)17-5-8-20(23)21(24)11-17;/h3-8,11,15,18,22,26H,9-10,12-14H2,1-2H3;1H. The molecule has 2 aromatic carbocycles. The molecule has 0 bridgehead atoms. The fourth-order valence-corrected chi connectivity index (χ4v) is 3.27. The summed E-state index contributed by atoms with van der Waals surface area (Å²) in [6.45, 7) is 6.52. The fraction of sp³-hybridized carbons (Fsp3) is 0.455. The molecule has 29 heavy (non-hydrogen) atoms. The Kier molecular flexibility index (Phi) is 8.83. The molecule has 0 aromatic heterocycles. The Bertz CT molecular complexity index is 773. The van der Waals surface area contributed by atoms with E-state index < -0.39 is 17.7 Å². The van der Waals surface area contributed by atoms with E-state index in [9.17, 15) is 13.9 Å². The summed E-state index contributed by atoms with van der Waals surface area (Å²) < 4.78 is 38.0. The summed E-state index contributed by atoms with van der Waals surface area (Å²) in [5, 5.41) is 10.3. The molecule has 4 nitrogen and oxygen atoms in total. The first kappa shape index (κ1) is 23.5. The van der Waals surface area contributed by atoms with Crippen molar-refractivity contribution in [3.8, 4) is 5.75 Å². The van der Waals surface area contributed by atoms with E-state index in [0.717, 1.165) is 11.8 Å². The van der Waals surface area contributed by atoms with Crippen molar-refractivity contribution >= 4 is 12.4 Å². The van der Waals surface area contributed by atoms with Crippen molar-refractivity contribution in [3.05, 3.63) is 65.2 Å². The van der Waals surface area contributed by atoms with Crippen LogP contribution in [0.1, 0.15) is 37.0 Å². The zero-order chi connectivity index (χ0) is 20.1. The van der Waals surface area contributed by atoms with Crippen LogP contribution in [0.2, 0.25) is 0 Å². The Morgan fingerprint density at radius 3 is 2.52 bits per heavy atom. The molecule has 0 radical (unpaired) electrons. The highest BCUT2D eigenvalue weighted by Crippen LogP contribution is 2.24. The van der Waals surface area contributed by atoms with Gasteiger partial charge in [-0.25, -0.2) is 8.78 Å². The van der Waals surface area contributed by atoms with E-state index in [4.69, 9.17) is 9.47 Å². The number of aliphatic hydroxyl groups excluding tert-OH is 1. The maximum absolute atomic E-state index is 13.5. The van der Waals surface area contributed by atoms with Crippen LogP contribution >= 0.6 is 12.4 Å². The van der Waals surface area contributed by atoms with Crippen LogP contribution in [0, 0.1) is 11.6 Å². The number of morpholine rings is 1. The van der Waals surface area contributed by atoms with Crippen LogP contribution in [0.4, 0.5) is 8.78 Å². The molecule has 2 unspecified atom stereocenters. The molecule has 2 atom stereocenters. The molecule has 0 amide bonds. The smallest absolute Gasteiger partial charge is 0.159 e. The Balaban J connectivity index is 0.00000300. The van der Waals surface area contributed by atoms with E-state index >= 15 is 0 Å². The number of hydrogen-bond donors (Lipinski definition) is 1. The highest BCUT2D eigenvalue weighted by molar-refractivity contribution is 5.85. The lowest BCUT2D eigenvalue weighted by Gasteiger charge is -2.34. The van der Waals surface area contributed by atoms with Gasteiger partial charge in [-0.1, -0.05) is 32.0 Å². The van der Waals surface area contributed by atoms with Crippen LogP contribution < -0.4 is 4.74 Å². The third-order valence-corrected chi connectivity index (χ3v) is 4.92. The third kappa shape index (κ3) is 6.64. The van der Waals surface area contributed by atoms with Gasteiger partial charge in [-0.05, 0) is 41.3 Å². The Hall–Kier alpha value is -1.73. The van der Waals surface area contributed by atoms with Gasteiger partial charge in [-0.2, -0.15) is 0 Å². The summed E-state index contributed by atoms with van der Waals surface area (Å²) in [4.78, 5) is 2.05. The van der Waals surface area contributed by atoms with Crippen molar-refractivity contribution in [3.63, 3.8) is 0 Å². The first-order valence-corrected chi connectivity index (χ1v) is 9.62. The van der Waals surface area contributed by atoms with Crippen LogP contribution in [0.15, 0.2) is 42.5 Å². The van der Waals surface area contributed by atoms with E-state index in [1.165, 1.54) is 17.7 Å². The summed E-state index contributed by atoms with van der Waals surface area (Å²) >= 11 is 0. The van der Waals surface area contributed by atoms with Crippen LogP contribution in [-0.4, -0.2) is 49.0 Å². The molecular formula is C22H28ClF2NO3.